The topological polar surface area (TPSA) is 196 Å². The van der Waals surface area contributed by atoms with Crippen LogP contribution in [0.5, 0.6) is 0 Å². The maximum atomic E-state index is 10.8. The molecule has 0 saturated heterocycles. The van der Waals surface area contributed by atoms with Crippen LogP contribution < -0.4 is 0 Å². The molecule has 0 spiro atoms. The fraction of sp³-hybridized carbons (Fsp3) is 0.0625. The number of carboxylic acids is 5. The predicted molar refractivity (Wildman–Crippen MR) is 85.1 cm³/mol. The smallest absolute Gasteiger partial charge is 0.349 e. The lowest BCUT2D eigenvalue weighted by molar-refractivity contribution is -0.144. The first kappa shape index (κ1) is 20.9. The Hall–Kier alpha value is -4.15. The Morgan fingerprint density at radius 3 is 1.22 bits per heavy atom. The van der Waals surface area contributed by atoms with Gasteiger partial charge in [-0.2, -0.15) is 0 Å². The summed E-state index contributed by atoms with van der Waals surface area (Å²) in [7, 11) is 0. The molecular weight excluding hydrogens is 368 g/mol. The average molecular weight is 380 g/mol. The molecule has 5 N–H and O–H groups in total. The summed E-state index contributed by atoms with van der Waals surface area (Å²) in [6.45, 7) is 0. The van der Waals surface area contributed by atoms with Crippen LogP contribution >= 0.6 is 0 Å². The largest absolute Gasteiger partial charge is 0.482 e. The van der Waals surface area contributed by atoms with Crippen molar-refractivity contribution < 1.29 is 54.2 Å². The van der Waals surface area contributed by atoms with Crippen molar-refractivity contribution in [2.45, 2.75) is 6.10 Å². The summed E-state index contributed by atoms with van der Waals surface area (Å²) in [6, 6.07) is 1.02. The van der Waals surface area contributed by atoms with Crippen LogP contribution in [0.2, 0.25) is 0 Å². The Balaban J connectivity index is 0.000000337. The fourth-order valence-corrected chi connectivity index (χ4v) is 1.83. The van der Waals surface area contributed by atoms with Crippen molar-refractivity contribution in [1.82, 2.24) is 0 Å². The minimum absolute atomic E-state index is 0.511. The number of benzene rings is 1. The van der Waals surface area contributed by atoms with Gasteiger partial charge in [0, 0.05) is 0 Å². The first-order chi connectivity index (χ1) is 12.6. The van der Waals surface area contributed by atoms with Gasteiger partial charge in [0.25, 0.3) is 0 Å². The summed E-state index contributed by atoms with van der Waals surface area (Å²) >= 11 is 0. The molecule has 11 heteroatoms. The van der Waals surface area contributed by atoms with Crippen molar-refractivity contribution in [1.29, 1.82) is 0 Å². The molecule has 142 valence electrons. The fourth-order valence-electron chi connectivity index (χ4n) is 1.83. The normalized spacial score (nSPS) is 14.3. The summed E-state index contributed by atoms with van der Waals surface area (Å²) in [4.78, 5) is 53.3. The van der Waals surface area contributed by atoms with E-state index < -0.39 is 58.2 Å². The highest BCUT2D eigenvalue weighted by Gasteiger charge is 2.25. The summed E-state index contributed by atoms with van der Waals surface area (Å²) in [6.07, 6.45) is 5.32. The van der Waals surface area contributed by atoms with Crippen LogP contribution in [-0.2, 0) is 9.53 Å². The van der Waals surface area contributed by atoms with Crippen molar-refractivity contribution >= 4 is 29.8 Å². The highest BCUT2D eigenvalue weighted by atomic mass is 16.5. The first-order valence-corrected chi connectivity index (χ1v) is 6.89. The lowest BCUT2D eigenvalue weighted by Crippen LogP contribution is -2.19. The van der Waals surface area contributed by atoms with Gasteiger partial charge in [0.05, 0.1) is 28.5 Å². The molecule has 1 heterocycles. The molecule has 1 atom stereocenters. The third-order valence-corrected chi connectivity index (χ3v) is 3.02. The van der Waals surface area contributed by atoms with Gasteiger partial charge >= 0.3 is 29.8 Å². The molecular formula is C16H12O11. The molecule has 2 rings (SSSR count). The number of carboxylic acid groups (broad SMARTS) is 5. The third kappa shape index (κ3) is 5.42. The van der Waals surface area contributed by atoms with Gasteiger partial charge in [-0.25, -0.2) is 24.0 Å². The van der Waals surface area contributed by atoms with Crippen LogP contribution in [0.3, 0.4) is 0 Å². The van der Waals surface area contributed by atoms with E-state index in [4.69, 9.17) is 25.5 Å². The van der Waals surface area contributed by atoms with Gasteiger partial charge < -0.3 is 30.3 Å². The molecule has 0 aliphatic carbocycles. The van der Waals surface area contributed by atoms with Crippen LogP contribution in [0.15, 0.2) is 36.6 Å². The zero-order valence-electron chi connectivity index (χ0n) is 13.2. The van der Waals surface area contributed by atoms with E-state index in [0.717, 1.165) is 0 Å². The van der Waals surface area contributed by atoms with E-state index in [9.17, 15) is 24.0 Å². The predicted octanol–water partition coefficient (Wildman–Crippen LogP) is 1.02. The van der Waals surface area contributed by atoms with Crippen molar-refractivity contribution in [2.75, 3.05) is 0 Å². The summed E-state index contributed by atoms with van der Waals surface area (Å²) < 4.78 is 4.67. The van der Waals surface area contributed by atoms with Gasteiger partial charge in [-0.1, -0.05) is 6.08 Å². The Labute approximate surface area is 150 Å². The Morgan fingerprint density at radius 2 is 1.04 bits per heavy atom. The quantitative estimate of drug-likeness (QED) is 0.489. The molecule has 0 aromatic heterocycles. The maximum Gasteiger partial charge on any atom is 0.349 e. The summed E-state index contributed by atoms with van der Waals surface area (Å²) in [5.74, 6) is -7.60. The van der Waals surface area contributed by atoms with E-state index in [2.05, 4.69) is 4.74 Å². The monoisotopic (exact) mass is 380 g/mol. The maximum absolute atomic E-state index is 10.8. The first-order valence-electron chi connectivity index (χ1n) is 6.89. The number of aliphatic carboxylic acids is 1. The van der Waals surface area contributed by atoms with Gasteiger partial charge in [-0.15, -0.1) is 0 Å². The van der Waals surface area contributed by atoms with Crippen LogP contribution in [0.25, 0.3) is 0 Å². The van der Waals surface area contributed by atoms with Gasteiger partial charge in [-0.05, 0) is 24.3 Å². The van der Waals surface area contributed by atoms with E-state index in [0.29, 0.717) is 12.1 Å². The van der Waals surface area contributed by atoms with E-state index in [-0.39, 0.29) is 0 Å². The molecule has 1 aromatic rings. The summed E-state index contributed by atoms with van der Waals surface area (Å²) in [5, 5.41) is 43.3. The second-order valence-electron chi connectivity index (χ2n) is 4.77. The molecule has 1 aromatic carbocycles. The average Bonchev–Trinajstić information content (AvgIpc) is 2.61. The Bertz CT molecular complexity index is 765. The highest BCUT2D eigenvalue weighted by molar-refractivity contribution is 6.09. The van der Waals surface area contributed by atoms with Gasteiger partial charge in [0.2, 0.25) is 6.10 Å². The second-order valence-corrected chi connectivity index (χ2v) is 4.77. The molecule has 0 amide bonds. The molecule has 0 fully saturated rings. The number of ether oxygens (including phenoxy) is 1. The van der Waals surface area contributed by atoms with E-state index in [1.165, 1.54) is 12.3 Å². The minimum atomic E-state index is -1.66. The number of hydrogen-bond donors (Lipinski definition) is 5. The Kier molecular flexibility index (Phi) is 6.81. The van der Waals surface area contributed by atoms with E-state index in [1.807, 2.05) is 0 Å². The number of hydrogen-bond acceptors (Lipinski definition) is 6. The number of allylic oxidation sites excluding steroid dienone is 2. The second kappa shape index (κ2) is 8.80. The zero-order valence-corrected chi connectivity index (χ0v) is 13.2. The van der Waals surface area contributed by atoms with Crippen molar-refractivity contribution in [3.63, 3.8) is 0 Å². The van der Waals surface area contributed by atoms with Crippen LogP contribution in [0.1, 0.15) is 41.4 Å². The SMILES string of the molecule is O=C(O)C1C=CC=CO1.O=C(O)c1cc(C(=O)O)c(C(=O)O)cc1C(=O)O. The van der Waals surface area contributed by atoms with Crippen molar-refractivity contribution in [3.8, 4) is 0 Å². The molecule has 1 unspecified atom stereocenters. The minimum Gasteiger partial charge on any atom is -0.482 e. The van der Waals surface area contributed by atoms with Gasteiger partial charge in [-0.3, -0.25) is 0 Å². The number of rotatable bonds is 5. The molecule has 1 aliphatic heterocycles. The summed E-state index contributed by atoms with van der Waals surface area (Å²) in [5.41, 5.74) is -3.15. The Morgan fingerprint density at radius 1 is 0.667 bits per heavy atom. The molecule has 27 heavy (non-hydrogen) atoms. The van der Waals surface area contributed by atoms with Crippen molar-refractivity contribution in [2.24, 2.45) is 0 Å². The molecule has 0 bridgehead atoms. The lowest BCUT2D eigenvalue weighted by atomic mass is 9.98. The van der Waals surface area contributed by atoms with Crippen LogP contribution in [0, 0.1) is 0 Å². The molecule has 0 radical (unpaired) electrons. The number of carbonyl (C=O) groups is 5. The van der Waals surface area contributed by atoms with Crippen molar-refractivity contribution in [3.05, 3.63) is 58.9 Å². The molecule has 11 nitrogen and oxygen atoms in total. The van der Waals surface area contributed by atoms with E-state index in [1.54, 1.807) is 12.2 Å². The van der Waals surface area contributed by atoms with E-state index >= 15 is 0 Å². The zero-order chi connectivity index (χ0) is 20.7. The number of aromatic carboxylic acids is 4. The lowest BCUT2D eigenvalue weighted by Gasteiger charge is -2.08. The van der Waals surface area contributed by atoms with Crippen LogP contribution in [0.4, 0.5) is 0 Å². The highest BCUT2D eigenvalue weighted by Crippen LogP contribution is 2.18. The van der Waals surface area contributed by atoms with Crippen LogP contribution in [-0.4, -0.2) is 61.5 Å². The standard InChI is InChI=1S/C10H6O8.C6H6O3/c11-7(12)3-1-4(8(13)14)6(10(17)18)2-5(3)9(15)16;7-6(8)5-3-1-2-4-9-5/h1-2H,(H,11,12)(H,13,14)(H,15,16)(H,17,18);1-5H,(H,7,8). The molecule has 0 saturated carbocycles. The molecule has 1 aliphatic rings. The third-order valence-electron chi connectivity index (χ3n) is 3.02. The van der Waals surface area contributed by atoms with Gasteiger partial charge in [0.1, 0.15) is 0 Å². The van der Waals surface area contributed by atoms with Gasteiger partial charge in [0.15, 0.2) is 0 Å².